The first-order valence-electron chi connectivity index (χ1n) is 13.9. The summed E-state index contributed by atoms with van der Waals surface area (Å²) in [5.41, 5.74) is 2.38. The molecule has 4 aromatic rings. The molecule has 0 radical (unpaired) electrons. The number of nitrogens with one attached hydrogen (secondary N) is 4. The van der Waals surface area contributed by atoms with Gasteiger partial charge in [0, 0.05) is 50.1 Å². The van der Waals surface area contributed by atoms with E-state index in [1.54, 1.807) is 91.0 Å². The molecule has 4 rings (SSSR count). The van der Waals surface area contributed by atoms with Crippen LogP contribution in [0.2, 0.25) is 10.0 Å². The fraction of sp³-hybridized carbons (Fsp3) is 0.118. The average Bonchev–Trinajstić information content (AvgIpc) is 3.02. The van der Waals surface area contributed by atoms with Gasteiger partial charge in [-0.1, -0.05) is 60.5 Å². The van der Waals surface area contributed by atoms with E-state index in [2.05, 4.69) is 21.3 Å². The van der Waals surface area contributed by atoms with Crippen molar-refractivity contribution >= 4 is 81.7 Å². The number of anilines is 3. The largest absolute Gasteiger partial charge is 0.326 e. The average molecular weight is 662 g/mol. The van der Waals surface area contributed by atoms with E-state index in [0.29, 0.717) is 44.7 Å². The molecule has 0 aliphatic carbocycles. The second-order valence-electron chi connectivity index (χ2n) is 9.76. The van der Waals surface area contributed by atoms with E-state index in [4.69, 9.17) is 23.2 Å². The minimum atomic E-state index is -0.593. The molecule has 0 aliphatic rings. The Labute approximate surface area is 275 Å². The minimum absolute atomic E-state index is 0.0627. The summed E-state index contributed by atoms with van der Waals surface area (Å²) in [5, 5.41) is 11.3. The topological polar surface area (TPSA) is 116 Å². The van der Waals surface area contributed by atoms with Crippen molar-refractivity contribution in [2.24, 2.45) is 0 Å². The molecule has 0 bridgehead atoms. The summed E-state index contributed by atoms with van der Waals surface area (Å²) in [5.74, 6) is -1.44. The van der Waals surface area contributed by atoms with Crippen LogP contribution in [-0.4, -0.2) is 28.9 Å². The Kier molecular flexibility index (Phi) is 11.8. The van der Waals surface area contributed by atoms with Gasteiger partial charge in [-0.25, -0.2) is 0 Å². The summed E-state index contributed by atoms with van der Waals surface area (Å²) in [7, 11) is 0. The quantitative estimate of drug-likeness (QED) is 0.0965. The van der Waals surface area contributed by atoms with Gasteiger partial charge in [0.1, 0.15) is 5.70 Å². The van der Waals surface area contributed by atoms with E-state index >= 15 is 0 Å². The number of rotatable bonds is 11. The number of halogens is 2. The van der Waals surface area contributed by atoms with Crippen molar-refractivity contribution < 1.29 is 19.2 Å². The Morgan fingerprint density at radius 3 is 2.00 bits per heavy atom. The summed E-state index contributed by atoms with van der Waals surface area (Å²) in [6.07, 6.45) is 1.98. The summed E-state index contributed by atoms with van der Waals surface area (Å²) in [6.45, 7) is 3.34. The van der Waals surface area contributed by atoms with Gasteiger partial charge in [0.15, 0.2) is 0 Å². The van der Waals surface area contributed by atoms with E-state index in [9.17, 15) is 19.2 Å². The fourth-order valence-corrected chi connectivity index (χ4v) is 5.65. The van der Waals surface area contributed by atoms with E-state index in [1.807, 2.05) is 13.0 Å². The number of carbonyl (C=O) groups is 4. The van der Waals surface area contributed by atoms with Gasteiger partial charge >= 0.3 is 0 Å². The molecule has 4 N–H and O–H groups in total. The zero-order valence-electron chi connectivity index (χ0n) is 24.4. The molecule has 0 aromatic heterocycles. The van der Waals surface area contributed by atoms with E-state index < -0.39 is 17.1 Å². The second kappa shape index (κ2) is 15.9. The first kappa shape index (κ1) is 33.3. The summed E-state index contributed by atoms with van der Waals surface area (Å²) >= 11 is 14.1. The normalized spacial score (nSPS) is 11.7. The molecule has 4 amide bonds. The first-order chi connectivity index (χ1) is 21.6. The van der Waals surface area contributed by atoms with Gasteiger partial charge in [0.25, 0.3) is 11.8 Å². The van der Waals surface area contributed by atoms with Gasteiger partial charge in [-0.2, -0.15) is 0 Å². The molecule has 0 spiro atoms. The Morgan fingerprint density at radius 2 is 1.38 bits per heavy atom. The van der Waals surface area contributed by atoms with Crippen LogP contribution in [0.1, 0.15) is 36.2 Å². The van der Waals surface area contributed by atoms with Gasteiger partial charge in [0.05, 0.1) is 5.25 Å². The van der Waals surface area contributed by atoms with Crippen molar-refractivity contribution in [1.82, 2.24) is 5.32 Å². The third-order valence-electron chi connectivity index (χ3n) is 6.32. The lowest BCUT2D eigenvalue weighted by atomic mass is 10.1. The monoisotopic (exact) mass is 660 g/mol. The Balaban J connectivity index is 1.49. The summed E-state index contributed by atoms with van der Waals surface area (Å²) in [6, 6.07) is 27.4. The summed E-state index contributed by atoms with van der Waals surface area (Å²) in [4.78, 5) is 51.6. The maximum atomic E-state index is 13.5. The number of benzene rings is 4. The van der Waals surface area contributed by atoms with Crippen LogP contribution in [0.15, 0.2) is 108 Å². The zero-order chi connectivity index (χ0) is 32.3. The van der Waals surface area contributed by atoms with Gasteiger partial charge in [-0.05, 0) is 79.2 Å². The number of hydrogen-bond acceptors (Lipinski definition) is 5. The van der Waals surface area contributed by atoms with Crippen LogP contribution in [0.3, 0.4) is 0 Å². The molecule has 45 heavy (non-hydrogen) atoms. The number of amides is 4. The lowest BCUT2D eigenvalue weighted by molar-refractivity contribution is -0.116. The van der Waals surface area contributed by atoms with Crippen molar-refractivity contribution in [3.8, 4) is 0 Å². The van der Waals surface area contributed by atoms with Gasteiger partial charge in [-0.3, -0.25) is 19.2 Å². The maximum absolute atomic E-state index is 13.5. The third kappa shape index (κ3) is 9.71. The van der Waals surface area contributed by atoms with Gasteiger partial charge in [0.2, 0.25) is 11.8 Å². The van der Waals surface area contributed by atoms with Crippen molar-refractivity contribution in [2.75, 3.05) is 16.0 Å². The van der Waals surface area contributed by atoms with E-state index in [-0.39, 0.29) is 17.5 Å². The van der Waals surface area contributed by atoms with Crippen LogP contribution < -0.4 is 21.3 Å². The molecule has 0 saturated heterocycles. The Morgan fingerprint density at radius 1 is 0.756 bits per heavy atom. The predicted molar refractivity (Wildman–Crippen MR) is 183 cm³/mol. The van der Waals surface area contributed by atoms with Crippen LogP contribution in [0.5, 0.6) is 0 Å². The Hall–Kier alpha value is -4.57. The standard InChI is InChI=1S/C34H30Cl2N4O4S/c1-3-31(34(44)38-24-17-15-23(16-18-24)37-21(2)41)45-26-12-7-11-25(19-26)39-33(43)30(20-27-28(35)13-8-14-29(27)36)40-32(42)22-9-5-4-6-10-22/h4-20,31H,3H2,1-2H3,(H,37,41)(H,38,44)(H,39,43)(H,40,42)/b30-20+. The second-order valence-corrected chi connectivity index (χ2v) is 11.8. The molecular formula is C34H30Cl2N4O4S. The number of carbonyl (C=O) groups excluding carboxylic acids is 4. The fourth-order valence-electron chi connectivity index (χ4n) is 4.13. The third-order valence-corrected chi connectivity index (χ3v) is 8.34. The van der Waals surface area contributed by atoms with Gasteiger partial charge in [-0.15, -0.1) is 11.8 Å². The SMILES string of the molecule is CCC(Sc1cccc(NC(=O)/C(=C\c2c(Cl)cccc2Cl)NC(=O)c2ccccc2)c1)C(=O)Nc1ccc(NC(C)=O)cc1. The van der Waals surface area contributed by atoms with Crippen molar-refractivity contribution in [2.45, 2.75) is 30.4 Å². The van der Waals surface area contributed by atoms with Crippen molar-refractivity contribution in [3.63, 3.8) is 0 Å². The molecular weight excluding hydrogens is 631 g/mol. The number of hydrogen-bond donors (Lipinski definition) is 4. The van der Waals surface area contributed by atoms with Crippen molar-refractivity contribution in [3.05, 3.63) is 124 Å². The first-order valence-corrected chi connectivity index (χ1v) is 15.5. The Bertz CT molecular complexity index is 1710. The van der Waals surface area contributed by atoms with Crippen LogP contribution >= 0.6 is 35.0 Å². The minimum Gasteiger partial charge on any atom is -0.326 e. The zero-order valence-corrected chi connectivity index (χ0v) is 26.7. The van der Waals surface area contributed by atoms with Crippen molar-refractivity contribution in [1.29, 1.82) is 0 Å². The van der Waals surface area contributed by atoms with E-state index in [0.717, 1.165) is 4.90 Å². The molecule has 0 aliphatic heterocycles. The molecule has 0 fully saturated rings. The molecule has 0 heterocycles. The highest BCUT2D eigenvalue weighted by Crippen LogP contribution is 2.30. The van der Waals surface area contributed by atoms with E-state index in [1.165, 1.54) is 24.8 Å². The highest BCUT2D eigenvalue weighted by atomic mass is 35.5. The van der Waals surface area contributed by atoms with Gasteiger partial charge < -0.3 is 21.3 Å². The molecule has 11 heteroatoms. The predicted octanol–water partition coefficient (Wildman–Crippen LogP) is 7.87. The van der Waals surface area contributed by atoms with Crippen LogP contribution in [0.4, 0.5) is 17.1 Å². The molecule has 1 atom stereocenters. The molecule has 230 valence electrons. The molecule has 0 saturated carbocycles. The molecule has 4 aromatic carbocycles. The maximum Gasteiger partial charge on any atom is 0.272 e. The van der Waals surface area contributed by atoms with Crippen LogP contribution in [0, 0.1) is 0 Å². The smallest absolute Gasteiger partial charge is 0.272 e. The lowest BCUT2D eigenvalue weighted by Crippen LogP contribution is -2.30. The highest BCUT2D eigenvalue weighted by molar-refractivity contribution is 8.00. The highest BCUT2D eigenvalue weighted by Gasteiger charge is 2.20. The summed E-state index contributed by atoms with van der Waals surface area (Å²) < 4.78 is 0. The molecule has 8 nitrogen and oxygen atoms in total. The van der Waals surface area contributed by atoms with Crippen LogP contribution in [-0.2, 0) is 14.4 Å². The molecule has 1 unspecified atom stereocenters. The lowest BCUT2D eigenvalue weighted by Gasteiger charge is -2.16. The number of thioether (sulfide) groups is 1. The van der Waals surface area contributed by atoms with Crippen LogP contribution in [0.25, 0.3) is 6.08 Å².